The molecule has 0 spiro atoms. The summed E-state index contributed by atoms with van der Waals surface area (Å²) in [6, 6.07) is 0. The number of rotatable bonds is 7. The third-order valence-electron chi connectivity index (χ3n) is 1.12. The fourth-order valence-corrected chi connectivity index (χ4v) is 0.617. The molecule has 10 heavy (non-hydrogen) atoms. The van der Waals surface area contributed by atoms with Gasteiger partial charge in [-0.25, -0.2) is 0 Å². The van der Waals surface area contributed by atoms with E-state index in [-0.39, 0.29) is 0 Å². The van der Waals surface area contributed by atoms with E-state index in [1.54, 1.807) is 0 Å². The van der Waals surface area contributed by atoms with E-state index in [4.69, 9.17) is 9.47 Å². The highest BCUT2D eigenvalue weighted by atomic mass is 16.5. The summed E-state index contributed by atoms with van der Waals surface area (Å²) in [5, 5.41) is 0. The van der Waals surface area contributed by atoms with Crippen molar-refractivity contribution in [3.05, 3.63) is 12.8 Å². The summed E-state index contributed by atoms with van der Waals surface area (Å²) < 4.78 is 10.1. The molecule has 0 aromatic carbocycles. The lowest BCUT2D eigenvalue weighted by Gasteiger charge is -2.00. The first-order valence-electron chi connectivity index (χ1n) is 3.72. The van der Waals surface area contributed by atoms with E-state index >= 15 is 0 Å². The quantitative estimate of drug-likeness (QED) is 0.401. The summed E-state index contributed by atoms with van der Waals surface area (Å²) in [5.41, 5.74) is 0. The van der Waals surface area contributed by atoms with Crippen molar-refractivity contribution < 1.29 is 9.47 Å². The number of unbranched alkanes of at least 4 members (excludes halogenated alkanes) is 1. The summed E-state index contributed by atoms with van der Waals surface area (Å²) in [6.07, 6.45) is 3.59. The molecule has 0 bridgehead atoms. The molecule has 0 aliphatic rings. The van der Waals surface area contributed by atoms with Crippen molar-refractivity contribution in [1.29, 1.82) is 0 Å². The van der Waals surface area contributed by atoms with Gasteiger partial charge in [-0.05, 0) is 19.8 Å². The molecule has 2 nitrogen and oxygen atoms in total. The molecule has 0 aliphatic heterocycles. The van der Waals surface area contributed by atoms with Gasteiger partial charge in [0.25, 0.3) is 0 Å². The monoisotopic (exact) mass is 144 g/mol. The van der Waals surface area contributed by atoms with Crippen LogP contribution < -0.4 is 0 Å². The first-order chi connectivity index (χ1) is 4.91. The Labute approximate surface area is 62.8 Å². The van der Waals surface area contributed by atoms with Crippen LogP contribution in [-0.2, 0) is 9.47 Å². The van der Waals surface area contributed by atoms with E-state index in [1.807, 2.05) is 6.92 Å². The summed E-state index contributed by atoms with van der Waals surface area (Å²) in [7, 11) is 0. The van der Waals surface area contributed by atoms with Gasteiger partial charge in [0, 0.05) is 13.2 Å². The van der Waals surface area contributed by atoms with E-state index in [0.717, 1.165) is 32.7 Å². The highest BCUT2D eigenvalue weighted by Crippen LogP contribution is 1.90. The second-order valence-electron chi connectivity index (χ2n) is 1.94. The number of hydrogen-bond donors (Lipinski definition) is 0. The van der Waals surface area contributed by atoms with Gasteiger partial charge in [-0.1, -0.05) is 6.58 Å². The van der Waals surface area contributed by atoms with Crippen LogP contribution in [0, 0.1) is 0 Å². The summed E-state index contributed by atoms with van der Waals surface area (Å²) in [5.74, 6) is 0. The van der Waals surface area contributed by atoms with Crippen molar-refractivity contribution in [3.63, 3.8) is 0 Å². The average molecular weight is 144 g/mol. The maximum Gasteiger partial charge on any atom is 0.0873 e. The van der Waals surface area contributed by atoms with Gasteiger partial charge in [-0.2, -0.15) is 0 Å². The van der Waals surface area contributed by atoms with Gasteiger partial charge in [0.05, 0.1) is 12.9 Å². The lowest BCUT2D eigenvalue weighted by molar-refractivity contribution is 0.135. The van der Waals surface area contributed by atoms with Crippen molar-refractivity contribution in [2.24, 2.45) is 0 Å². The van der Waals surface area contributed by atoms with Crippen LogP contribution in [-0.4, -0.2) is 19.8 Å². The van der Waals surface area contributed by atoms with Crippen LogP contribution in [0.4, 0.5) is 0 Å². The lowest BCUT2D eigenvalue weighted by Crippen LogP contribution is -1.95. The van der Waals surface area contributed by atoms with Crippen molar-refractivity contribution in [2.75, 3.05) is 19.8 Å². The molecule has 0 atom stereocenters. The van der Waals surface area contributed by atoms with Crippen LogP contribution in [0.1, 0.15) is 19.8 Å². The Morgan fingerprint density at radius 1 is 1.30 bits per heavy atom. The van der Waals surface area contributed by atoms with E-state index in [1.165, 1.54) is 6.26 Å². The minimum Gasteiger partial charge on any atom is -0.502 e. The van der Waals surface area contributed by atoms with Crippen LogP contribution >= 0.6 is 0 Å². The molecule has 0 N–H and O–H groups in total. The Hall–Kier alpha value is -0.500. The first-order valence-corrected chi connectivity index (χ1v) is 3.72. The molecule has 0 unspecified atom stereocenters. The van der Waals surface area contributed by atoms with E-state index in [0.29, 0.717) is 0 Å². The lowest BCUT2D eigenvalue weighted by atomic mass is 10.3. The van der Waals surface area contributed by atoms with Crippen LogP contribution in [0.25, 0.3) is 0 Å². The molecular formula is C8H16O2. The Kier molecular flexibility index (Phi) is 8.07. The van der Waals surface area contributed by atoms with Gasteiger partial charge in [0.2, 0.25) is 0 Å². The molecule has 60 valence electrons. The van der Waals surface area contributed by atoms with Gasteiger partial charge in [0.15, 0.2) is 0 Å². The minimum atomic E-state index is 0.760. The van der Waals surface area contributed by atoms with Crippen molar-refractivity contribution >= 4 is 0 Å². The van der Waals surface area contributed by atoms with Gasteiger partial charge in [-0.3, -0.25) is 0 Å². The molecule has 0 aromatic heterocycles. The Morgan fingerprint density at radius 3 is 2.60 bits per heavy atom. The van der Waals surface area contributed by atoms with Crippen molar-refractivity contribution in [3.8, 4) is 0 Å². The molecule has 0 saturated carbocycles. The fraction of sp³-hybridized carbons (Fsp3) is 0.750. The zero-order valence-electron chi connectivity index (χ0n) is 6.64. The minimum absolute atomic E-state index is 0.760. The zero-order chi connectivity index (χ0) is 7.66. The maximum atomic E-state index is 5.13. The van der Waals surface area contributed by atoms with Crippen molar-refractivity contribution in [1.82, 2.24) is 0 Å². The normalized spacial score (nSPS) is 9.30. The third kappa shape index (κ3) is 7.50. The molecule has 0 radical (unpaired) electrons. The average Bonchev–Trinajstić information content (AvgIpc) is 1.97. The number of ether oxygens (including phenoxy) is 2. The maximum absolute atomic E-state index is 5.13. The highest BCUT2D eigenvalue weighted by molar-refractivity contribution is 4.48. The second-order valence-corrected chi connectivity index (χ2v) is 1.94. The van der Waals surface area contributed by atoms with E-state index < -0.39 is 0 Å². The van der Waals surface area contributed by atoms with Crippen molar-refractivity contribution in [2.45, 2.75) is 19.8 Å². The van der Waals surface area contributed by atoms with Crippen LogP contribution in [0.5, 0.6) is 0 Å². The zero-order valence-corrected chi connectivity index (χ0v) is 6.64. The molecular weight excluding hydrogens is 128 g/mol. The van der Waals surface area contributed by atoms with E-state index in [2.05, 4.69) is 6.58 Å². The predicted molar refractivity (Wildman–Crippen MR) is 41.9 cm³/mol. The molecule has 0 fully saturated rings. The van der Waals surface area contributed by atoms with Crippen LogP contribution in [0.2, 0.25) is 0 Å². The summed E-state index contributed by atoms with van der Waals surface area (Å²) in [4.78, 5) is 0. The highest BCUT2D eigenvalue weighted by Gasteiger charge is 1.86. The summed E-state index contributed by atoms with van der Waals surface area (Å²) in [6.45, 7) is 7.85. The molecule has 2 heteroatoms. The van der Waals surface area contributed by atoms with Crippen LogP contribution in [0.15, 0.2) is 12.8 Å². The van der Waals surface area contributed by atoms with Gasteiger partial charge >= 0.3 is 0 Å². The van der Waals surface area contributed by atoms with Gasteiger partial charge in [-0.15, -0.1) is 0 Å². The fourth-order valence-electron chi connectivity index (χ4n) is 0.617. The van der Waals surface area contributed by atoms with Gasteiger partial charge in [0.1, 0.15) is 0 Å². The Bertz CT molecular complexity index is 71.7. The Balaban J connectivity index is 2.70. The van der Waals surface area contributed by atoms with Crippen LogP contribution in [0.3, 0.4) is 0 Å². The molecule has 0 heterocycles. The van der Waals surface area contributed by atoms with E-state index in [9.17, 15) is 0 Å². The SMILES string of the molecule is C=COCCCCOCC. The summed E-state index contributed by atoms with van der Waals surface area (Å²) >= 11 is 0. The topological polar surface area (TPSA) is 18.5 Å². The number of hydrogen-bond acceptors (Lipinski definition) is 2. The molecule has 0 amide bonds. The largest absolute Gasteiger partial charge is 0.502 e. The predicted octanol–water partition coefficient (Wildman–Crippen LogP) is 1.96. The molecule has 0 aliphatic carbocycles. The third-order valence-corrected chi connectivity index (χ3v) is 1.12. The van der Waals surface area contributed by atoms with Gasteiger partial charge < -0.3 is 9.47 Å². The molecule has 0 saturated heterocycles. The molecule has 0 rings (SSSR count). The molecule has 0 aromatic rings. The standard InChI is InChI=1S/C8H16O2/c1-3-9-7-5-6-8-10-4-2/h3H,1,4-8H2,2H3. The Morgan fingerprint density at radius 2 is 2.00 bits per heavy atom. The smallest absolute Gasteiger partial charge is 0.0873 e. The second kappa shape index (κ2) is 8.50. The first kappa shape index (κ1) is 9.50.